The van der Waals surface area contributed by atoms with E-state index in [1.807, 2.05) is 0 Å². The second kappa shape index (κ2) is 4.75. The Morgan fingerprint density at radius 1 is 1.44 bits per heavy atom. The summed E-state index contributed by atoms with van der Waals surface area (Å²) in [5, 5.41) is 3.31. The van der Waals surface area contributed by atoms with Crippen LogP contribution in [0.3, 0.4) is 0 Å². The van der Waals surface area contributed by atoms with Crippen molar-refractivity contribution in [3.05, 3.63) is 0 Å². The van der Waals surface area contributed by atoms with Gasteiger partial charge in [0.2, 0.25) is 0 Å². The molecule has 0 amide bonds. The number of hydrogen-bond donors (Lipinski definition) is 2. The highest BCUT2D eigenvalue weighted by molar-refractivity contribution is 6.74. The van der Waals surface area contributed by atoms with Gasteiger partial charge in [0.1, 0.15) is 0 Å². The summed E-state index contributed by atoms with van der Waals surface area (Å²) < 4.78 is 6.31. The lowest BCUT2D eigenvalue weighted by molar-refractivity contribution is 0.182. The van der Waals surface area contributed by atoms with Gasteiger partial charge in [-0.05, 0) is 24.6 Å². The predicted octanol–water partition coefficient (Wildman–Crippen LogP) is 1.68. The Hall–Kier alpha value is -0.553. The summed E-state index contributed by atoms with van der Waals surface area (Å²) >= 11 is 0. The van der Waals surface area contributed by atoms with Gasteiger partial charge in [-0.15, -0.1) is 0 Å². The Kier molecular flexibility index (Phi) is 4.01. The fourth-order valence-corrected chi connectivity index (χ4v) is 2.78. The van der Waals surface area contributed by atoms with Crippen molar-refractivity contribution in [1.29, 1.82) is 0 Å². The first-order valence-electron chi connectivity index (χ1n) is 5.94. The number of nitrogens with two attached hydrogens (primary N) is 1. The second-order valence-electron chi connectivity index (χ2n) is 5.94. The van der Waals surface area contributed by atoms with Crippen molar-refractivity contribution in [3.8, 4) is 0 Å². The summed E-state index contributed by atoms with van der Waals surface area (Å²) in [7, 11) is -1.67. The van der Waals surface area contributed by atoms with Gasteiger partial charge in [-0.3, -0.25) is 4.99 Å². The number of rotatable bonds is 2. The fourth-order valence-electron chi connectivity index (χ4n) is 1.40. The van der Waals surface area contributed by atoms with Crippen LogP contribution in [0.1, 0.15) is 27.2 Å². The molecule has 1 atom stereocenters. The van der Waals surface area contributed by atoms with Crippen molar-refractivity contribution >= 4 is 14.3 Å². The standard InChI is InChI=1S/C11H25N3OSi/c1-11(2,3)16(4,5)15-9-6-7-13-10(12)14-8-9/h9H,6-8H2,1-5H3,(H3,12,13,14). The molecule has 0 saturated carbocycles. The minimum atomic E-state index is -1.67. The first-order valence-corrected chi connectivity index (χ1v) is 8.85. The molecule has 3 N–H and O–H groups in total. The zero-order valence-corrected chi connectivity index (χ0v) is 12.1. The minimum Gasteiger partial charge on any atom is -0.412 e. The normalized spacial score (nSPS) is 23.3. The Bertz CT molecular complexity index is 271. The molecule has 16 heavy (non-hydrogen) atoms. The quantitative estimate of drug-likeness (QED) is 0.726. The van der Waals surface area contributed by atoms with Gasteiger partial charge in [0.15, 0.2) is 14.3 Å². The summed E-state index contributed by atoms with van der Waals surface area (Å²) in [6.07, 6.45) is 1.20. The first-order chi connectivity index (χ1) is 7.22. The molecular formula is C11H25N3OSi. The molecule has 1 rings (SSSR count). The predicted molar refractivity (Wildman–Crippen MR) is 71.2 cm³/mol. The smallest absolute Gasteiger partial charge is 0.192 e. The SMILES string of the molecule is CC(C)(C)[Si](C)(C)OC1CCNC(N)=NC1. The minimum absolute atomic E-state index is 0.217. The van der Waals surface area contributed by atoms with Gasteiger partial charge in [-0.25, -0.2) is 0 Å². The average molecular weight is 243 g/mol. The lowest BCUT2D eigenvalue weighted by Gasteiger charge is -2.38. The van der Waals surface area contributed by atoms with E-state index in [9.17, 15) is 0 Å². The number of guanidine groups is 1. The maximum absolute atomic E-state index is 6.31. The molecule has 0 aromatic heterocycles. The Balaban J connectivity index is 2.60. The lowest BCUT2D eigenvalue weighted by Crippen LogP contribution is -2.44. The molecule has 0 fully saturated rings. The van der Waals surface area contributed by atoms with Crippen molar-refractivity contribution in [3.63, 3.8) is 0 Å². The van der Waals surface area contributed by atoms with Crippen LogP contribution in [-0.2, 0) is 4.43 Å². The van der Waals surface area contributed by atoms with Crippen molar-refractivity contribution in [2.75, 3.05) is 13.1 Å². The van der Waals surface area contributed by atoms with Gasteiger partial charge in [-0.2, -0.15) is 0 Å². The third kappa shape index (κ3) is 3.49. The molecule has 0 radical (unpaired) electrons. The second-order valence-corrected chi connectivity index (χ2v) is 10.7. The van der Waals surface area contributed by atoms with E-state index in [-0.39, 0.29) is 11.1 Å². The molecule has 1 aliphatic heterocycles. The molecule has 94 valence electrons. The molecule has 1 aliphatic rings. The number of aliphatic imine (C=N–C) groups is 1. The van der Waals surface area contributed by atoms with Crippen LogP contribution in [0.2, 0.25) is 18.1 Å². The topological polar surface area (TPSA) is 59.6 Å². The highest BCUT2D eigenvalue weighted by Crippen LogP contribution is 2.37. The van der Waals surface area contributed by atoms with Gasteiger partial charge < -0.3 is 15.5 Å². The van der Waals surface area contributed by atoms with E-state index >= 15 is 0 Å². The van der Waals surface area contributed by atoms with Crippen LogP contribution in [-0.4, -0.2) is 33.5 Å². The van der Waals surface area contributed by atoms with Crippen LogP contribution >= 0.6 is 0 Å². The highest BCUT2D eigenvalue weighted by atomic mass is 28.4. The van der Waals surface area contributed by atoms with E-state index in [0.717, 1.165) is 13.0 Å². The monoisotopic (exact) mass is 243 g/mol. The van der Waals surface area contributed by atoms with Crippen molar-refractivity contribution in [2.24, 2.45) is 10.7 Å². The Morgan fingerprint density at radius 3 is 2.62 bits per heavy atom. The summed E-state index contributed by atoms with van der Waals surface area (Å²) in [5.41, 5.74) is 5.64. The van der Waals surface area contributed by atoms with Gasteiger partial charge >= 0.3 is 0 Å². The number of nitrogens with one attached hydrogen (secondary N) is 1. The van der Waals surface area contributed by atoms with Gasteiger partial charge in [-0.1, -0.05) is 20.8 Å². The summed E-state index contributed by atoms with van der Waals surface area (Å²) in [5.74, 6) is 0.543. The summed E-state index contributed by atoms with van der Waals surface area (Å²) in [6, 6.07) is 0. The van der Waals surface area contributed by atoms with Crippen molar-refractivity contribution in [1.82, 2.24) is 5.32 Å². The van der Waals surface area contributed by atoms with Crippen LogP contribution in [0.15, 0.2) is 4.99 Å². The van der Waals surface area contributed by atoms with Crippen molar-refractivity contribution < 1.29 is 4.43 Å². The van der Waals surface area contributed by atoms with Gasteiger partial charge in [0, 0.05) is 6.54 Å². The molecule has 0 spiro atoms. The highest BCUT2D eigenvalue weighted by Gasteiger charge is 2.39. The maximum atomic E-state index is 6.31. The molecule has 0 aromatic carbocycles. The number of hydrogen-bond acceptors (Lipinski definition) is 4. The maximum Gasteiger partial charge on any atom is 0.192 e. The van der Waals surface area contributed by atoms with E-state index in [4.69, 9.17) is 10.2 Å². The van der Waals surface area contributed by atoms with Gasteiger partial charge in [0.05, 0.1) is 12.6 Å². The van der Waals surface area contributed by atoms with Crippen LogP contribution in [0, 0.1) is 0 Å². The van der Waals surface area contributed by atoms with Crippen LogP contribution in [0.5, 0.6) is 0 Å². The van der Waals surface area contributed by atoms with Crippen molar-refractivity contribution in [2.45, 2.75) is 51.4 Å². The molecule has 4 nitrogen and oxygen atoms in total. The summed E-state index contributed by atoms with van der Waals surface area (Å²) in [4.78, 5) is 4.25. The molecule has 0 aromatic rings. The molecule has 0 bridgehead atoms. The van der Waals surface area contributed by atoms with E-state index in [2.05, 4.69) is 44.2 Å². The zero-order valence-electron chi connectivity index (χ0n) is 11.1. The molecule has 0 saturated heterocycles. The molecular weight excluding hydrogens is 218 g/mol. The van der Waals surface area contributed by atoms with Gasteiger partial charge in [0.25, 0.3) is 0 Å². The van der Waals surface area contributed by atoms with E-state index in [1.54, 1.807) is 0 Å². The molecule has 5 heteroatoms. The third-order valence-corrected chi connectivity index (χ3v) is 8.04. The molecule has 0 aliphatic carbocycles. The van der Waals surface area contributed by atoms with Crippen LogP contribution < -0.4 is 11.1 Å². The van der Waals surface area contributed by atoms with E-state index in [0.29, 0.717) is 12.5 Å². The molecule has 1 heterocycles. The fraction of sp³-hybridized carbons (Fsp3) is 0.909. The van der Waals surface area contributed by atoms with Crippen LogP contribution in [0.25, 0.3) is 0 Å². The Morgan fingerprint density at radius 2 is 2.06 bits per heavy atom. The first kappa shape index (κ1) is 13.5. The average Bonchev–Trinajstić information content (AvgIpc) is 2.28. The largest absolute Gasteiger partial charge is 0.412 e. The Labute approximate surface area is 99.8 Å². The molecule has 1 unspecified atom stereocenters. The van der Waals surface area contributed by atoms with E-state index < -0.39 is 8.32 Å². The summed E-state index contributed by atoms with van der Waals surface area (Å²) in [6.45, 7) is 12.9. The lowest BCUT2D eigenvalue weighted by atomic mass is 10.2. The third-order valence-electron chi connectivity index (χ3n) is 3.51. The van der Waals surface area contributed by atoms with Crippen LogP contribution in [0.4, 0.5) is 0 Å². The van der Waals surface area contributed by atoms with E-state index in [1.165, 1.54) is 0 Å². The zero-order chi connectivity index (χ0) is 12.4. The number of nitrogens with zero attached hydrogens (tertiary/aromatic N) is 1.